The number of benzene rings is 1. The van der Waals surface area contributed by atoms with Crippen molar-refractivity contribution in [2.24, 2.45) is 4.99 Å². The maximum atomic E-state index is 11.5. The van der Waals surface area contributed by atoms with E-state index < -0.39 is 26.8 Å². The van der Waals surface area contributed by atoms with E-state index in [9.17, 15) is 22.9 Å². The zero-order chi connectivity index (χ0) is 17.1. The smallest absolute Gasteiger partial charge is 0.858 e. The number of aliphatic imine (C=N–C) groups is 1. The van der Waals surface area contributed by atoms with Crippen LogP contribution in [0.25, 0.3) is 0 Å². The Morgan fingerprint density at radius 3 is 2.26 bits per heavy atom. The van der Waals surface area contributed by atoms with Crippen LogP contribution in [-0.2, 0) is 14.9 Å². The number of halogens is 2. The SMILES string of the molecule is C=C(Br)C(=O)Nc1ccc(N=C([O-])C(=C)Br)cc1S(=O)(=O)O.[K+]. The Kier molecular flexibility index (Phi) is 9.64. The van der Waals surface area contributed by atoms with Gasteiger partial charge >= 0.3 is 51.4 Å². The van der Waals surface area contributed by atoms with Gasteiger partial charge in [-0.25, -0.2) is 0 Å². The molecule has 1 aromatic rings. The first-order valence-corrected chi connectivity index (χ1v) is 8.42. The summed E-state index contributed by atoms with van der Waals surface area (Å²) >= 11 is 5.68. The number of hydrogen-bond donors (Lipinski definition) is 2. The van der Waals surface area contributed by atoms with Crippen molar-refractivity contribution in [2.45, 2.75) is 4.90 Å². The van der Waals surface area contributed by atoms with Crippen LogP contribution in [-0.4, -0.2) is 24.8 Å². The average molecular weight is 492 g/mol. The number of hydrogen-bond acceptors (Lipinski definition) is 5. The Morgan fingerprint density at radius 1 is 1.26 bits per heavy atom. The number of rotatable bonds is 5. The van der Waals surface area contributed by atoms with E-state index in [-0.39, 0.29) is 71.7 Å². The summed E-state index contributed by atoms with van der Waals surface area (Å²) in [5, 5.41) is 13.7. The number of anilines is 1. The second-order valence-corrected chi connectivity index (χ2v) is 7.14. The van der Waals surface area contributed by atoms with E-state index in [2.05, 4.69) is 55.3 Å². The fourth-order valence-corrected chi connectivity index (χ4v) is 2.12. The number of amides is 1. The van der Waals surface area contributed by atoms with Gasteiger partial charge in [-0.1, -0.05) is 29.1 Å². The van der Waals surface area contributed by atoms with E-state index in [4.69, 9.17) is 0 Å². The Hall–Kier alpha value is 0.146. The Balaban J connectivity index is 0.00000484. The van der Waals surface area contributed by atoms with E-state index in [1.54, 1.807) is 0 Å². The standard InChI is InChI=1S/C12H10Br2N2O5S.K/c1-6(13)11(17)15-8-3-4-9(16-12(18)7(2)14)10(5-8)22(19,20)21;/h3-5H,1-2H2,(H,15,17)(H,16,18)(H,19,20,21);/q;+1/p-1. The summed E-state index contributed by atoms with van der Waals surface area (Å²) in [6.45, 7) is 6.67. The van der Waals surface area contributed by atoms with Crippen LogP contribution in [0.1, 0.15) is 0 Å². The molecule has 0 aliphatic rings. The van der Waals surface area contributed by atoms with Crippen LogP contribution in [0, 0.1) is 0 Å². The van der Waals surface area contributed by atoms with Crippen LogP contribution in [0.2, 0.25) is 0 Å². The summed E-state index contributed by atoms with van der Waals surface area (Å²) in [6.07, 6.45) is 0. The van der Waals surface area contributed by atoms with Crippen LogP contribution in [0.3, 0.4) is 0 Å². The van der Waals surface area contributed by atoms with Gasteiger partial charge in [-0.15, -0.1) is 0 Å². The molecule has 2 N–H and O–H groups in total. The molecule has 0 saturated carbocycles. The molecular formula is C12H9Br2KN2O5S. The molecule has 0 spiro atoms. The summed E-state index contributed by atoms with van der Waals surface area (Å²) in [6, 6.07) is 3.41. The van der Waals surface area contributed by atoms with E-state index in [0.717, 1.165) is 6.07 Å². The zero-order valence-corrected chi connectivity index (χ0v) is 18.9. The van der Waals surface area contributed by atoms with E-state index in [0.29, 0.717) is 0 Å². The van der Waals surface area contributed by atoms with E-state index >= 15 is 0 Å². The maximum absolute atomic E-state index is 11.5. The summed E-state index contributed by atoms with van der Waals surface area (Å²) in [5.41, 5.74) is -0.217. The number of carbonyl (C=O) groups is 1. The molecule has 1 amide bonds. The average Bonchev–Trinajstić information content (AvgIpc) is 2.38. The van der Waals surface area contributed by atoms with Crippen LogP contribution < -0.4 is 61.8 Å². The predicted molar refractivity (Wildman–Crippen MR) is 88.1 cm³/mol. The van der Waals surface area contributed by atoms with Gasteiger partial charge in [0, 0.05) is 10.4 Å². The summed E-state index contributed by atoms with van der Waals surface area (Å²) in [4.78, 5) is 14.5. The van der Waals surface area contributed by atoms with Crippen molar-refractivity contribution in [3.05, 3.63) is 40.3 Å². The van der Waals surface area contributed by atoms with Crippen LogP contribution >= 0.6 is 31.9 Å². The van der Waals surface area contributed by atoms with Crippen molar-refractivity contribution in [1.29, 1.82) is 0 Å². The molecule has 0 heterocycles. The van der Waals surface area contributed by atoms with Crippen molar-refractivity contribution in [1.82, 2.24) is 0 Å². The Morgan fingerprint density at radius 2 is 1.83 bits per heavy atom. The third-order valence-corrected chi connectivity index (χ3v) is 3.79. The van der Waals surface area contributed by atoms with E-state index in [1.807, 2.05) is 0 Å². The fourth-order valence-electron chi connectivity index (χ4n) is 1.27. The van der Waals surface area contributed by atoms with Crippen molar-refractivity contribution >= 4 is 65.2 Å². The molecule has 0 unspecified atom stereocenters. The zero-order valence-electron chi connectivity index (χ0n) is 11.8. The maximum Gasteiger partial charge on any atom is 1.00 e. The topological polar surface area (TPSA) is 119 Å². The second kappa shape index (κ2) is 9.58. The minimum absolute atomic E-state index is 0. The third-order valence-electron chi connectivity index (χ3n) is 2.20. The molecule has 0 atom stereocenters. The molecule has 0 aliphatic heterocycles. The monoisotopic (exact) mass is 490 g/mol. The third kappa shape index (κ3) is 7.28. The van der Waals surface area contributed by atoms with Crippen molar-refractivity contribution in [2.75, 3.05) is 5.32 Å². The van der Waals surface area contributed by atoms with Crippen LogP contribution in [0.5, 0.6) is 0 Å². The predicted octanol–water partition coefficient (Wildman–Crippen LogP) is -0.917. The molecular weight excluding hydrogens is 483 g/mol. The number of nitrogens with one attached hydrogen (secondary N) is 1. The summed E-state index contributed by atoms with van der Waals surface area (Å²) in [5.74, 6) is -1.41. The van der Waals surface area contributed by atoms with Gasteiger partial charge in [0.1, 0.15) is 4.90 Å². The first kappa shape index (κ1) is 23.1. The molecule has 7 nitrogen and oxygen atoms in total. The van der Waals surface area contributed by atoms with Crippen molar-refractivity contribution in [3.63, 3.8) is 0 Å². The number of nitrogens with zero attached hydrogens (tertiary/aromatic N) is 1. The molecule has 23 heavy (non-hydrogen) atoms. The van der Waals surface area contributed by atoms with Gasteiger partial charge < -0.3 is 10.4 Å². The first-order valence-electron chi connectivity index (χ1n) is 5.40. The molecule has 0 bridgehead atoms. The summed E-state index contributed by atoms with van der Waals surface area (Å²) < 4.78 is 32.0. The van der Waals surface area contributed by atoms with Gasteiger partial charge in [-0.05, 0) is 34.1 Å². The van der Waals surface area contributed by atoms with Gasteiger partial charge in [-0.2, -0.15) is 8.42 Å². The van der Waals surface area contributed by atoms with Gasteiger partial charge in [0.15, 0.2) is 0 Å². The summed E-state index contributed by atoms with van der Waals surface area (Å²) in [7, 11) is -4.65. The molecule has 1 rings (SSSR count). The van der Waals surface area contributed by atoms with Crippen LogP contribution in [0.15, 0.2) is 50.2 Å². The Labute approximate surface area is 192 Å². The molecule has 0 saturated heterocycles. The minimum atomic E-state index is -4.65. The molecule has 1 aromatic carbocycles. The molecule has 118 valence electrons. The van der Waals surface area contributed by atoms with E-state index in [1.165, 1.54) is 12.1 Å². The molecule has 0 aliphatic carbocycles. The Bertz CT molecular complexity index is 793. The van der Waals surface area contributed by atoms with Gasteiger partial charge in [0.05, 0.1) is 15.9 Å². The van der Waals surface area contributed by atoms with Crippen molar-refractivity contribution < 1.29 is 74.3 Å². The normalized spacial score (nSPS) is 11.3. The van der Waals surface area contributed by atoms with Crippen molar-refractivity contribution in [3.8, 4) is 0 Å². The quantitative estimate of drug-likeness (QED) is 0.181. The fraction of sp³-hybridized carbons (Fsp3) is 0. The molecule has 0 aromatic heterocycles. The minimum Gasteiger partial charge on any atom is -0.858 e. The largest absolute Gasteiger partial charge is 1.00 e. The van der Waals surface area contributed by atoms with Gasteiger partial charge in [-0.3, -0.25) is 14.3 Å². The molecule has 0 fully saturated rings. The molecule has 0 radical (unpaired) electrons. The molecule has 11 heteroatoms. The van der Waals surface area contributed by atoms with Gasteiger partial charge in [0.2, 0.25) is 0 Å². The van der Waals surface area contributed by atoms with Crippen LogP contribution in [0.4, 0.5) is 11.4 Å². The number of carbonyl (C=O) groups excluding carboxylic acids is 1. The first-order chi connectivity index (χ1) is 10.0. The second-order valence-electron chi connectivity index (χ2n) is 3.84. The van der Waals surface area contributed by atoms with Gasteiger partial charge in [0.25, 0.3) is 16.0 Å².